The van der Waals surface area contributed by atoms with Crippen molar-refractivity contribution in [1.82, 2.24) is 24.6 Å². The van der Waals surface area contributed by atoms with Crippen LogP contribution in [0.15, 0.2) is 60.8 Å². The van der Waals surface area contributed by atoms with Crippen LogP contribution in [0, 0.1) is 10.1 Å². The third kappa shape index (κ3) is 5.06. The quantitative estimate of drug-likeness (QED) is 0.253. The lowest BCUT2D eigenvalue weighted by molar-refractivity contribution is -0.384. The van der Waals surface area contributed by atoms with Crippen LogP contribution in [-0.2, 0) is 0 Å². The average molecular weight is 514 g/mol. The lowest BCUT2D eigenvalue weighted by Gasteiger charge is -2.24. The van der Waals surface area contributed by atoms with Gasteiger partial charge in [0.1, 0.15) is 11.6 Å². The lowest BCUT2D eigenvalue weighted by Crippen LogP contribution is -2.35. The summed E-state index contributed by atoms with van der Waals surface area (Å²) in [5, 5.41) is 16.7. The van der Waals surface area contributed by atoms with Gasteiger partial charge in [-0.05, 0) is 31.0 Å². The maximum Gasteiger partial charge on any atom is 0.270 e. The second-order valence-electron chi connectivity index (χ2n) is 9.66. The van der Waals surface area contributed by atoms with Gasteiger partial charge in [0.25, 0.3) is 11.6 Å². The topological polar surface area (TPSA) is 110 Å². The summed E-state index contributed by atoms with van der Waals surface area (Å²) in [4.78, 5) is 37.9. The van der Waals surface area contributed by atoms with Gasteiger partial charge in [-0.15, -0.1) is 0 Å². The van der Waals surface area contributed by atoms with E-state index >= 15 is 0 Å². The largest absolute Gasteiger partial charge is 0.354 e. The van der Waals surface area contributed by atoms with Crippen molar-refractivity contribution in [3.8, 4) is 5.69 Å². The smallest absolute Gasteiger partial charge is 0.270 e. The van der Waals surface area contributed by atoms with Gasteiger partial charge in [-0.3, -0.25) is 14.9 Å². The number of aromatic nitrogens is 4. The van der Waals surface area contributed by atoms with Crippen molar-refractivity contribution in [2.45, 2.75) is 39.0 Å². The number of fused-ring (bicyclic) bond motifs is 1. The van der Waals surface area contributed by atoms with Crippen molar-refractivity contribution in [3.05, 3.63) is 82.3 Å². The highest BCUT2D eigenvalue weighted by Crippen LogP contribution is 2.30. The van der Waals surface area contributed by atoms with Crippen LogP contribution in [0.3, 0.4) is 0 Å². The number of hydrogen-bond donors (Lipinski definition) is 0. The molecule has 1 amide bonds. The van der Waals surface area contributed by atoms with Gasteiger partial charge in [0, 0.05) is 49.8 Å². The molecule has 1 atom stereocenters. The summed E-state index contributed by atoms with van der Waals surface area (Å²) in [7, 11) is 0. The van der Waals surface area contributed by atoms with Crippen molar-refractivity contribution < 1.29 is 9.72 Å². The number of benzene rings is 2. The highest BCUT2D eigenvalue weighted by Gasteiger charge is 2.25. The molecule has 0 spiro atoms. The molecule has 1 aliphatic rings. The summed E-state index contributed by atoms with van der Waals surface area (Å²) < 4.78 is 1.86. The van der Waals surface area contributed by atoms with Crippen molar-refractivity contribution in [1.29, 1.82) is 0 Å². The standard InChI is InChI=1S/C28H31N7O3/c1-3-9-20(2)25-30-26(24-19-29-34(27(24)31-25)22-11-5-4-6-12-22)32-14-8-15-33(17-16-32)28(36)21-10-7-13-23(18-21)35(37)38/h4-7,10-13,18-20H,3,8-9,14-17H2,1-2H3/t20-/m1/s1. The normalized spacial score (nSPS) is 14.9. The maximum absolute atomic E-state index is 13.2. The van der Waals surface area contributed by atoms with E-state index in [0.29, 0.717) is 25.2 Å². The fourth-order valence-corrected chi connectivity index (χ4v) is 4.96. The van der Waals surface area contributed by atoms with Crippen LogP contribution in [0.5, 0.6) is 0 Å². The van der Waals surface area contributed by atoms with Crippen LogP contribution >= 0.6 is 0 Å². The number of non-ortho nitro benzene ring substituents is 1. The number of nitro groups is 1. The minimum atomic E-state index is -0.478. The number of rotatable bonds is 7. The Morgan fingerprint density at radius 1 is 1.05 bits per heavy atom. The third-order valence-corrected chi connectivity index (χ3v) is 6.98. The van der Waals surface area contributed by atoms with Gasteiger partial charge in [0.2, 0.25) is 0 Å². The Hall–Kier alpha value is -4.34. The molecule has 0 saturated carbocycles. The predicted octanol–water partition coefficient (Wildman–Crippen LogP) is 4.98. The molecule has 0 aliphatic carbocycles. The minimum absolute atomic E-state index is 0.0835. The highest BCUT2D eigenvalue weighted by atomic mass is 16.6. The maximum atomic E-state index is 13.2. The van der Waals surface area contributed by atoms with E-state index in [9.17, 15) is 14.9 Å². The van der Waals surface area contributed by atoms with Gasteiger partial charge >= 0.3 is 0 Å². The van der Waals surface area contributed by atoms with Crippen LogP contribution < -0.4 is 4.90 Å². The third-order valence-electron chi connectivity index (χ3n) is 6.98. The van der Waals surface area contributed by atoms with Crippen LogP contribution in [0.2, 0.25) is 0 Å². The van der Waals surface area contributed by atoms with Gasteiger partial charge in [0.05, 0.1) is 22.2 Å². The second kappa shape index (κ2) is 11.0. The van der Waals surface area contributed by atoms with E-state index in [1.54, 1.807) is 17.0 Å². The Bertz CT molecular complexity index is 1450. The SMILES string of the molecule is CCC[C@@H](C)c1nc(N2CCCN(C(=O)c3cccc([N+](=O)[O-])c3)CC2)c2cnn(-c3ccccc3)c2n1. The van der Waals surface area contributed by atoms with E-state index in [1.807, 2.05) is 41.2 Å². The Balaban J connectivity index is 1.46. The van der Waals surface area contributed by atoms with Gasteiger partial charge in [-0.25, -0.2) is 14.6 Å². The first-order valence-corrected chi connectivity index (χ1v) is 13.1. The molecule has 3 heterocycles. The molecule has 0 unspecified atom stereocenters. The minimum Gasteiger partial charge on any atom is -0.354 e. The van der Waals surface area contributed by atoms with Crippen LogP contribution in [0.25, 0.3) is 16.7 Å². The van der Waals surface area contributed by atoms with E-state index in [2.05, 4.69) is 23.8 Å². The van der Waals surface area contributed by atoms with Gasteiger partial charge < -0.3 is 9.80 Å². The number of hydrogen-bond acceptors (Lipinski definition) is 7. The Morgan fingerprint density at radius 3 is 2.63 bits per heavy atom. The fourth-order valence-electron chi connectivity index (χ4n) is 4.96. The lowest BCUT2D eigenvalue weighted by atomic mass is 10.1. The molecule has 196 valence electrons. The van der Waals surface area contributed by atoms with Crippen molar-refractivity contribution in [2.24, 2.45) is 0 Å². The monoisotopic (exact) mass is 513 g/mol. The zero-order valence-electron chi connectivity index (χ0n) is 21.7. The first kappa shape index (κ1) is 25.3. The fraction of sp³-hybridized carbons (Fsp3) is 0.357. The molecule has 0 N–H and O–H groups in total. The zero-order valence-corrected chi connectivity index (χ0v) is 21.7. The number of amides is 1. The van der Waals surface area contributed by atoms with E-state index in [1.165, 1.54) is 12.1 Å². The molecule has 1 fully saturated rings. The molecular formula is C28H31N7O3. The second-order valence-corrected chi connectivity index (χ2v) is 9.66. The van der Waals surface area contributed by atoms with Crippen LogP contribution in [-0.4, -0.2) is 61.7 Å². The molecular weight excluding hydrogens is 482 g/mol. The first-order valence-electron chi connectivity index (χ1n) is 13.1. The number of para-hydroxylation sites is 1. The number of nitrogens with zero attached hydrogens (tertiary/aromatic N) is 7. The summed E-state index contributed by atoms with van der Waals surface area (Å²) in [6, 6.07) is 15.9. The molecule has 1 saturated heterocycles. The first-order chi connectivity index (χ1) is 18.5. The molecule has 0 radical (unpaired) electrons. The molecule has 1 aliphatic heterocycles. The van der Waals surface area contributed by atoms with Gasteiger partial charge in [0.15, 0.2) is 5.65 Å². The highest BCUT2D eigenvalue weighted by molar-refractivity contribution is 5.95. The summed E-state index contributed by atoms with van der Waals surface area (Å²) in [6.45, 7) is 6.67. The van der Waals surface area contributed by atoms with E-state index in [4.69, 9.17) is 9.97 Å². The van der Waals surface area contributed by atoms with Gasteiger partial charge in [-0.2, -0.15) is 5.10 Å². The van der Waals surface area contributed by atoms with E-state index < -0.39 is 4.92 Å². The van der Waals surface area contributed by atoms with E-state index in [0.717, 1.165) is 54.2 Å². The Kier molecular flexibility index (Phi) is 7.30. The molecule has 2 aromatic carbocycles. The molecule has 10 heteroatoms. The number of nitro benzene ring substituents is 1. The zero-order chi connectivity index (χ0) is 26.6. The van der Waals surface area contributed by atoms with E-state index in [-0.39, 0.29) is 17.5 Å². The summed E-state index contributed by atoms with van der Waals surface area (Å²) in [5.74, 6) is 1.62. The van der Waals surface area contributed by atoms with Crippen molar-refractivity contribution in [3.63, 3.8) is 0 Å². The van der Waals surface area contributed by atoms with Gasteiger partial charge in [-0.1, -0.05) is 44.5 Å². The molecule has 0 bridgehead atoms. The Labute approximate surface area is 221 Å². The van der Waals surface area contributed by atoms with Crippen molar-refractivity contribution in [2.75, 3.05) is 31.1 Å². The molecule has 38 heavy (non-hydrogen) atoms. The summed E-state index contributed by atoms with van der Waals surface area (Å²) >= 11 is 0. The Morgan fingerprint density at radius 2 is 1.87 bits per heavy atom. The predicted molar refractivity (Wildman–Crippen MR) is 146 cm³/mol. The molecule has 10 nitrogen and oxygen atoms in total. The van der Waals surface area contributed by atoms with Crippen LogP contribution in [0.4, 0.5) is 11.5 Å². The molecule has 4 aromatic rings. The van der Waals surface area contributed by atoms with Crippen LogP contribution in [0.1, 0.15) is 55.2 Å². The van der Waals surface area contributed by atoms with Crippen molar-refractivity contribution >= 4 is 28.4 Å². The number of carbonyl (C=O) groups excluding carboxylic acids is 1. The number of carbonyl (C=O) groups is 1. The number of anilines is 1. The molecule has 2 aromatic heterocycles. The molecule has 5 rings (SSSR count). The average Bonchev–Trinajstić information content (AvgIpc) is 3.22. The summed E-state index contributed by atoms with van der Waals surface area (Å²) in [5.41, 5.74) is 1.95. The summed E-state index contributed by atoms with van der Waals surface area (Å²) in [6.07, 6.45) is 4.59.